The lowest BCUT2D eigenvalue weighted by molar-refractivity contribution is -0.152. The van der Waals surface area contributed by atoms with Crippen LogP contribution < -0.4 is 10.1 Å². The Balaban J connectivity index is 1.95. The SMILES string of the molecule is C#Cc1ccc(NC(=O)Cc2ccc(OC(C)(C)C(=O)O)cc2)cc1. The molecular weight excluding hydrogens is 318 g/mol. The van der Waals surface area contributed by atoms with Crippen LogP contribution in [-0.2, 0) is 16.0 Å². The third kappa shape index (κ3) is 5.11. The topological polar surface area (TPSA) is 75.6 Å². The molecule has 2 rings (SSSR count). The third-order valence-electron chi connectivity index (χ3n) is 3.51. The zero-order chi connectivity index (χ0) is 18.4. The summed E-state index contributed by atoms with van der Waals surface area (Å²) in [6, 6.07) is 13.8. The van der Waals surface area contributed by atoms with E-state index in [1.54, 1.807) is 48.5 Å². The number of carbonyl (C=O) groups excluding carboxylic acids is 1. The molecule has 0 saturated heterocycles. The molecule has 0 aliphatic rings. The van der Waals surface area contributed by atoms with Crippen molar-refractivity contribution in [3.05, 3.63) is 59.7 Å². The highest BCUT2D eigenvalue weighted by Gasteiger charge is 2.29. The molecule has 2 N–H and O–H groups in total. The van der Waals surface area contributed by atoms with Crippen molar-refractivity contribution in [2.24, 2.45) is 0 Å². The lowest BCUT2D eigenvalue weighted by Crippen LogP contribution is -2.37. The number of anilines is 1. The first-order valence-electron chi connectivity index (χ1n) is 7.68. The molecule has 5 heteroatoms. The van der Waals surface area contributed by atoms with Gasteiger partial charge in [-0.1, -0.05) is 18.1 Å². The number of hydrogen-bond donors (Lipinski definition) is 2. The molecule has 0 atom stereocenters. The second kappa shape index (κ2) is 7.54. The third-order valence-corrected chi connectivity index (χ3v) is 3.51. The lowest BCUT2D eigenvalue weighted by atomic mass is 10.1. The first-order valence-corrected chi connectivity index (χ1v) is 7.68. The van der Waals surface area contributed by atoms with E-state index in [1.165, 1.54) is 13.8 Å². The van der Waals surface area contributed by atoms with Crippen molar-refractivity contribution in [3.8, 4) is 18.1 Å². The summed E-state index contributed by atoms with van der Waals surface area (Å²) in [6.45, 7) is 2.95. The predicted molar refractivity (Wildman–Crippen MR) is 95.5 cm³/mol. The van der Waals surface area contributed by atoms with Crippen LogP contribution in [0.15, 0.2) is 48.5 Å². The smallest absolute Gasteiger partial charge is 0.347 e. The van der Waals surface area contributed by atoms with Crippen LogP contribution in [0.4, 0.5) is 5.69 Å². The number of nitrogens with one attached hydrogen (secondary N) is 1. The van der Waals surface area contributed by atoms with Gasteiger partial charge in [-0.3, -0.25) is 4.79 Å². The number of carboxylic acid groups (broad SMARTS) is 1. The molecule has 5 nitrogen and oxygen atoms in total. The molecular formula is C20H19NO4. The number of hydrogen-bond acceptors (Lipinski definition) is 3. The van der Waals surface area contributed by atoms with Crippen LogP contribution in [0.2, 0.25) is 0 Å². The zero-order valence-corrected chi connectivity index (χ0v) is 14.1. The predicted octanol–water partition coefficient (Wildman–Crippen LogP) is 3.09. The number of terminal acetylenes is 1. The Kier molecular flexibility index (Phi) is 5.45. The van der Waals surface area contributed by atoms with Crippen molar-refractivity contribution >= 4 is 17.6 Å². The Bertz CT molecular complexity index is 799. The van der Waals surface area contributed by atoms with Gasteiger partial charge in [0, 0.05) is 11.3 Å². The molecule has 2 aromatic rings. The minimum atomic E-state index is -1.32. The first kappa shape index (κ1) is 18.1. The standard InChI is InChI=1S/C20H19NO4/c1-4-14-5-9-16(10-6-14)21-18(22)13-15-7-11-17(12-8-15)25-20(2,3)19(23)24/h1,5-12H,13H2,2-3H3,(H,21,22)(H,23,24). The van der Waals surface area contributed by atoms with Gasteiger partial charge in [0.05, 0.1) is 6.42 Å². The van der Waals surface area contributed by atoms with E-state index < -0.39 is 11.6 Å². The maximum Gasteiger partial charge on any atom is 0.347 e. The van der Waals surface area contributed by atoms with Gasteiger partial charge in [-0.25, -0.2) is 4.79 Å². The van der Waals surface area contributed by atoms with Gasteiger partial charge in [-0.05, 0) is 55.8 Å². The van der Waals surface area contributed by atoms with E-state index in [-0.39, 0.29) is 12.3 Å². The monoisotopic (exact) mass is 337 g/mol. The van der Waals surface area contributed by atoms with Crippen molar-refractivity contribution < 1.29 is 19.4 Å². The molecule has 0 heterocycles. The second-order valence-corrected chi connectivity index (χ2v) is 6.01. The molecule has 0 fully saturated rings. The van der Waals surface area contributed by atoms with Gasteiger partial charge in [0.15, 0.2) is 5.60 Å². The van der Waals surface area contributed by atoms with Gasteiger partial charge in [-0.15, -0.1) is 6.42 Å². The maximum absolute atomic E-state index is 12.1. The van der Waals surface area contributed by atoms with Crippen LogP contribution >= 0.6 is 0 Å². The molecule has 0 aromatic heterocycles. The summed E-state index contributed by atoms with van der Waals surface area (Å²) in [4.78, 5) is 23.1. The molecule has 1 amide bonds. The van der Waals surface area contributed by atoms with Gasteiger partial charge in [0.25, 0.3) is 0 Å². The minimum Gasteiger partial charge on any atom is -0.478 e. The van der Waals surface area contributed by atoms with Gasteiger partial charge >= 0.3 is 5.97 Å². The fourth-order valence-electron chi connectivity index (χ4n) is 2.05. The lowest BCUT2D eigenvalue weighted by Gasteiger charge is -2.21. The number of rotatable bonds is 6. The van der Waals surface area contributed by atoms with E-state index in [0.717, 1.165) is 11.1 Å². The number of amides is 1. The summed E-state index contributed by atoms with van der Waals surface area (Å²) in [5.41, 5.74) is 0.895. The summed E-state index contributed by atoms with van der Waals surface area (Å²) in [7, 11) is 0. The highest BCUT2D eigenvalue weighted by Crippen LogP contribution is 2.19. The first-order chi connectivity index (χ1) is 11.8. The van der Waals surface area contributed by atoms with E-state index in [0.29, 0.717) is 11.4 Å². The molecule has 128 valence electrons. The Morgan fingerprint density at radius 1 is 1.12 bits per heavy atom. The van der Waals surface area contributed by atoms with E-state index in [1.807, 2.05) is 0 Å². The summed E-state index contributed by atoms with van der Waals surface area (Å²) in [6.07, 6.45) is 5.48. The van der Waals surface area contributed by atoms with E-state index >= 15 is 0 Å². The summed E-state index contributed by atoms with van der Waals surface area (Å²) >= 11 is 0. The van der Waals surface area contributed by atoms with E-state index in [2.05, 4.69) is 11.2 Å². The number of aliphatic carboxylic acids is 1. The van der Waals surface area contributed by atoms with Crippen molar-refractivity contribution in [3.63, 3.8) is 0 Å². The quantitative estimate of drug-likeness (QED) is 0.794. The minimum absolute atomic E-state index is 0.159. The Hall–Kier alpha value is -3.26. The normalized spacial score (nSPS) is 10.6. The van der Waals surface area contributed by atoms with E-state index in [9.17, 15) is 9.59 Å². The Morgan fingerprint density at radius 3 is 2.24 bits per heavy atom. The number of carbonyl (C=O) groups is 2. The highest BCUT2D eigenvalue weighted by atomic mass is 16.5. The van der Waals surface area contributed by atoms with Crippen LogP contribution in [0.5, 0.6) is 5.75 Å². The van der Waals surface area contributed by atoms with Crippen molar-refractivity contribution in [2.45, 2.75) is 25.9 Å². The molecule has 0 aliphatic heterocycles. The molecule has 2 aromatic carbocycles. The van der Waals surface area contributed by atoms with Crippen LogP contribution in [0.3, 0.4) is 0 Å². The molecule has 0 unspecified atom stereocenters. The average molecular weight is 337 g/mol. The van der Waals surface area contributed by atoms with Gasteiger partial charge in [0.1, 0.15) is 5.75 Å². The largest absolute Gasteiger partial charge is 0.478 e. The van der Waals surface area contributed by atoms with E-state index in [4.69, 9.17) is 16.3 Å². The van der Waals surface area contributed by atoms with Crippen LogP contribution in [0, 0.1) is 12.3 Å². The molecule has 0 bridgehead atoms. The van der Waals surface area contributed by atoms with Crippen molar-refractivity contribution in [2.75, 3.05) is 5.32 Å². The van der Waals surface area contributed by atoms with Gasteiger partial charge in [0.2, 0.25) is 5.91 Å². The second-order valence-electron chi connectivity index (χ2n) is 6.01. The van der Waals surface area contributed by atoms with Gasteiger partial charge < -0.3 is 15.2 Å². The van der Waals surface area contributed by atoms with Crippen LogP contribution in [0.25, 0.3) is 0 Å². The molecule has 0 radical (unpaired) electrons. The summed E-state index contributed by atoms with van der Waals surface area (Å²) in [5.74, 6) is 1.74. The Morgan fingerprint density at radius 2 is 1.72 bits per heavy atom. The molecule has 0 spiro atoms. The average Bonchev–Trinajstić information content (AvgIpc) is 2.57. The fourth-order valence-corrected chi connectivity index (χ4v) is 2.05. The summed E-state index contributed by atoms with van der Waals surface area (Å²) < 4.78 is 5.42. The number of carboxylic acids is 1. The Labute approximate surface area is 146 Å². The van der Waals surface area contributed by atoms with Gasteiger partial charge in [-0.2, -0.15) is 0 Å². The molecule has 0 aliphatic carbocycles. The molecule has 25 heavy (non-hydrogen) atoms. The fraction of sp³-hybridized carbons (Fsp3) is 0.200. The van der Waals surface area contributed by atoms with Crippen LogP contribution in [-0.4, -0.2) is 22.6 Å². The highest BCUT2D eigenvalue weighted by molar-refractivity contribution is 5.92. The summed E-state index contributed by atoms with van der Waals surface area (Å²) in [5, 5.41) is 11.9. The van der Waals surface area contributed by atoms with Crippen LogP contribution in [0.1, 0.15) is 25.0 Å². The number of ether oxygens (including phenoxy) is 1. The maximum atomic E-state index is 12.1. The number of benzene rings is 2. The molecule has 0 saturated carbocycles. The van der Waals surface area contributed by atoms with Crippen molar-refractivity contribution in [1.82, 2.24) is 0 Å². The zero-order valence-electron chi connectivity index (χ0n) is 14.1. The van der Waals surface area contributed by atoms with Crippen molar-refractivity contribution in [1.29, 1.82) is 0 Å².